The zero-order chi connectivity index (χ0) is 15.5. The number of ether oxygens (including phenoxy) is 1. The topological polar surface area (TPSA) is 60.2 Å². The summed E-state index contributed by atoms with van der Waals surface area (Å²) in [5.74, 6) is 1.63. The van der Waals surface area contributed by atoms with Crippen LogP contribution >= 0.6 is 11.6 Å². The van der Waals surface area contributed by atoms with Crippen LogP contribution in [-0.2, 0) is 13.2 Å². The van der Waals surface area contributed by atoms with Gasteiger partial charge in [-0.2, -0.15) is 4.98 Å². The molecule has 21 heavy (non-hydrogen) atoms. The van der Waals surface area contributed by atoms with Crippen LogP contribution in [0.25, 0.3) is 0 Å². The lowest BCUT2D eigenvalue weighted by molar-refractivity contribution is 0.286. The van der Waals surface area contributed by atoms with Gasteiger partial charge in [0.15, 0.2) is 6.61 Å². The van der Waals surface area contributed by atoms with Gasteiger partial charge in [0.1, 0.15) is 5.75 Å². The Balaban J connectivity index is 1.95. The number of aryl methyl sites for hydroxylation is 1. The molecule has 114 valence electrons. The van der Waals surface area contributed by atoms with E-state index in [1.807, 2.05) is 18.2 Å². The zero-order valence-electron chi connectivity index (χ0n) is 12.7. The second-order valence-electron chi connectivity index (χ2n) is 5.89. The molecule has 0 atom stereocenters. The Morgan fingerprint density at radius 1 is 1.33 bits per heavy atom. The van der Waals surface area contributed by atoms with E-state index < -0.39 is 0 Å². The van der Waals surface area contributed by atoms with Gasteiger partial charge in [0.05, 0.1) is 5.02 Å². The monoisotopic (exact) mass is 309 g/mol. The summed E-state index contributed by atoms with van der Waals surface area (Å²) in [5, 5.41) is 7.76. The molecule has 0 saturated carbocycles. The van der Waals surface area contributed by atoms with Crippen molar-refractivity contribution in [2.24, 2.45) is 0 Å². The van der Waals surface area contributed by atoms with E-state index in [1.54, 1.807) is 6.92 Å². The summed E-state index contributed by atoms with van der Waals surface area (Å²) in [6, 6.07) is 5.74. The molecular weight excluding hydrogens is 290 g/mol. The van der Waals surface area contributed by atoms with Gasteiger partial charge in [-0.25, -0.2) is 0 Å². The first-order valence-electron chi connectivity index (χ1n) is 6.79. The summed E-state index contributed by atoms with van der Waals surface area (Å²) < 4.78 is 10.5. The van der Waals surface area contributed by atoms with Gasteiger partial charge in [-0.05, 0) is 38.5 Å². The highest BCUT2D eigenvalue weighted by atomic mass is 35.5. The third kappa shape index (κ3) is 5.02. The fourth-order valence-corrected chi connectivity index (χ4v) is 1.94. The van der Waals surface area contributed by atoms with Crippen LogP contribution in [0.5, 0.6) is 5.75 Å². The molecule has 5 nitrogen and oxygen atoms in total. The molecule has 0 unspecified atom stereocenters. The van der Waals surface area contributed by atoms with Gasteiger partial charge in [0, 0.05) is 19.0 Å². The number of nitrogens with one attached hydrogen (secondary N) is 1. The van der Waals surface area contributed by atoms with Crippen molar-refractivity contribution in [1.29, 1.82) is 0 Å². The third-order valence-corrected chi connectivity index (χ3v) is 3.04. The Hall–Kier alpha value is -1.59. The molecule has 0 aliphatic rings. The van der Waals surface area contributed by atoms with E-state index in [4.69, 9.17) is 20.9 Å². The number of hydrogen-bond donors (Lipinski definition) is 1. The van der Waals surface area contributed by atoms with E-state index in [0.717, 1.165) is 12.1 Å². The molecule has 0 spiro atoms. The zero-order valence-corrected chi connectivity index (χ0v) is 13.5. The van der Waals surface area contributed by atoms with Crippen molar-refractivity contribution in [3.05, 3.63) is 40.5 Å². The Morgan fingerprint density at radius 3 is 2.67 bits per heavy atom. The predicted octanol–water partition coefficient (Wildman–Crippen LogP) is 3.50. The van der Waals surface area contributed by atoms with Gasteiger partial charge < -0.3 is 14.6 Å². The van der Waals surface area contributed by atoms with E-state index in [0.29, 0.717) is 22.5 Å². The largest absolute Gasteiger partial charge is 0.484 e. The van der Waals surface area contributed by atoms with Crippen LogP contribution in [-0.4, -0.2) is 15.7 Å². The number of hydrogen-bond acceptors (Lipinski definition) is 5. The average Bonchev–Trinajstić information content (AvgIpc) is 2.80. The molecule has 2 rings (SSSR count). The van der Waals surface area contributed by atoms with Crippen molar-refractivity contribution >= 4 is 11.6 Å². The highest BCUT2D eigenvalue weighted by Crippen LogP contribution is 2.26. The van der Waals surface area contributed by atoms with Crippen LogP contribution < -0.4 is 10.1 Å². The first kappa shape index (κ1) is 15.8. The molecule has 6 heteroatoms. The Morgan fingerprint density at radius 2 is 2.10 bits per heavy atom. The summed E-state index contributed by atoms with van der Waals surface area (Å²) in [6.45, 7) is 9.10. The van der Waals surface area contributed by atoms with Crippen molar-refractivity contribution in [2.75, 3.05) is 0 Å². The number of halogens is 1. The molecule has 1 aromatic heterocycles. The van der Waals surface area contributed by atoms with E-state index in [-0.39, 0.29) is 12.1 Å². The predicted molar refractivity (Wildman–Crippen MR) is 81.4 cm³/mol. The first-order valence-corrected chi connectivity index (χ1v) is 7.17. The van der Waals surface area contributed by atoms with Gasteiger partial charge in [-0.15, -0.1) is 0 Å². The summed E-state index contributed by atoms with van der Waals surface area (Å²) >= 11 is 6.23. The lowest BCUT2D eigenvalue weighted by Crippen LogP contribution is -2.35. The van der Waals surface area contributed by atoms with Crippen molar-refractivity contribution in [1.82, 2.24) is 15.5 Å². The van der Waals surface area contributed by atoms with Crippen LogP contribution in [0.3, 0.4) is 0 Å². The molecule has 0 amide bonds. The SMILES string of the molecule is Cc1nc(COc2ccc(CNC(C)(C)C)cc2Cl)no1. The van der Waals surface area contributed by atoms with Crippen LogP contribution in [0.1, 0.15) is 38.0 Å². The maximum absolute atomic E-state index is 6.23. The standard InChI is InChI=1S/C15H20ClN3O2/c1-10-18-14(19-21-10)9-20-13-6-5-11(7-12(13)16)8-17-15(2,3)4/h5-7,17H,8-9H2,1-4H3. The molecule has 1 N–H and O–H groups in total. The summed E-state index contributed by atoms with van der Waals surface area (Å²) in [5.41, 5.74) is 1.18. The highest BCUT2D eigenvalue weighted by Gasteiger charge is 2.10. The molecule has 0 bridgehead atoms. The van der Waals surface area contributed by atoms with Crippen molar-refractivity contribution < 1.29 is 9.26 Å². The highest BCUT2D eigenvalue weighted by molar-refractivity contribution is 6.32. The van der Waals surface area contributed by atoms with Crippen LogP contribution in [0, 0.1) is 6.92 Å². The summed E-state index contributed by atoms with van der Waals surface area (Å²) in [7, 11) is 0. The second kappa shape index (κ2) is 6.45. The maximum atomic E-state index is 6.23. The van der Waals surface area contributed by atoms with E-state index in [2.05, 4.69) is 36.2 Å². The Labute approximate surface area is 129 Å². The average molecular weight is 310 g/mol. The lowest BCUT2D eigenvalue weighted by Gasteiger charge is -2.20. The molecule has 2 aromatic rings. The van der Waals surface area contributed by atoms with E-state index in [1.165, 1.54) is 0 Å². The fraction of sp³-hybridized carbons (Fsp3) is 0.467. The molecule has 1 aromatic carbocycles. The Kier molecular flexibility index (Phi) is 4.85. The minimum Gasteiger partial charge on any atom is -0.484 e. The third-order valence-electron chi connectivity index (χ3n) is 2.75. The van der Waals surface area contributed by atoms with Gasteiger partial charge in [-0.1, -0.05) is 22.8 Å². The van der Waals surface area contributed by atoms with Gasteiger partial charge in [-0.3, -0.25) is 0 Å². The fourth-order valence-electron chi connectivity index (χ4n) is 1.68. The number of benzene rings is 1. The second-order valence-corrected chi connectivity index (χ2v) is 6.29. The van der Waals surface area contributed by atoms with Crippen molar-refractivity contribution in [3.8, 4) is 5.75 Å². The maximum Gasteiger partial charge on any atom is 0.223 e. The van der Waals surface area contributed by atoms with E-state index >= 15 is 0 Å². The quantitative estimate of drug-likeness (QED) is 0.916. The smallest absolute Gasteiger partial charge is 0.223 e. The van der Waals surface area contributed by atoms with Gasteiger partial charge >= 0.3 is 0 Å². The minimum absolute atomic E-state index is 0.0676. The van der Waals surface area contributed by atoms with Gasteiger partial charge in [0.25, 0.3) is 0 Å². The molecule has 1 heterocycles. The molecule has 0 fully saturated rings. The van der Waals surface area contributed by atoms with Crippen molar-refractivity contribution in [2.45, 2.75) is 46.4 Å². The summed E-state index contributed by atoms with van der Waals surface area (Å²) in [6.07, 6.45) is 0. The number of rotatable bonds is 5. The first-order chi connectivity index (χ1) is 9.83. The molecule has 0 saturated heterocycles. The summed E-state index contributed by atoms with van der Waals surface area (Å²) in [4.78, 5) is 4.07. The minimum atomic E-state index is 0.0676. The normalized spacial score (nSPS) is 11.7. The van der Waals surface area contributed by atoms with Gasteiger partial charge in [0.2, 0.25) is 11.7 Å². The van der Waals surface area contributed by atoms with Crippen LogP contribution in [0.4, 0.5) is 0 Å². The van der Waals surface area contributed by atoms with Crippen LogP contribution in [0.2, 0.25) is 5.02 Å². The van der Waals surface area contributed by atoms with E-state index in [9.17, 15) is 0 Å². The van der Waals surface area contributed by atoms with Crippen molar-refractivity contribution in [3.63, 3.8) is 0 Å². The lowest BCUT2D eigenvalue weighted by atomic mass is 10.1. The molecule has 0 aliphatic heterocycles. The molecule has 0 aliphatic carbocycles. The number of aromatic nitrogens is 2. The number of nitrogens with zero attached hydrogens (tertiary/aromatic N) is 2. The molecular formula is C15H20ClN3O2. The Bertz CT molecular complexity index is 605. The molecule has 0 radical (unpaired) electrons. The van der Waals surface area contributed by atoms with Crippen LogP contribution in [0.15, 0.2) is 22.7 Å².